The van der Waals surface area contributed by atoms with Crippen LogP contribution in [0.5, 0.6) is 0 Å². The fourth-order valence-electron chi connectivity index (χ4n) is 2.43. The second-order valence-corrected chi connectivity index (χ2v) is 7.22. The molecule has 4 nitrogen and oxygen atoms in total. The fourth-order valence-corrected chi connectivity index (χ4v) is 4.05. The highest BCUT2D eigenvalue weighted by atomic mass is 35.5. The standard InChI is InChI=1S/C17H12Cl2F2N2O2S/c1-25-3-2-23-15-13(21)7-12(20)8-14(15)26-17(23)22-16(24)9-4-10(18)6-11(19)5-9/h4-8H,2-3H2,1H3. The molecule has 0 bridgehead atoms. The van der Waals surface area contributed by atoms with E-state index in [-0.39, 0.29) is 29.0 Å². The van der Waals surface area contributed by atoms with Crippen molar-refractivity contribution in [2.75, 3.05) is 13.7 Å². The van der Waals surface area contributed by atoms with E-state index in [1.54, 1.807) is 0 Å². The van der Waals surface area contributed by atoms with Crippen molar-refractivity contribution in [2.24, 2.45) is 4.99 Å². The van der Waals surface area contributed by atoms with Crippen LogP contribution in [-0.4, -0.2) is 24.2 Å². The SMILES string of the molecule is COCCn1c(=NC(=O)c2cc(Cl)cc(Cl)c2)sc2cc(F)cc(F)c21. The van der Waals surface area contributed by atoms with Crippen LogP contribution in [0.3, 0.4) is 0 Å². The number of ether oxygens (including phenoxy) is 1. The Hall–Kier alpha value is -1.80. The van der Waals surface area contributed by atoms with E-state index in [0.29, 0.717) is 14.7 Å². The van der Waals surface area contributed by atoms with Gasteiger partial charge in [0.25, 0.3) is 5.91 Å². The third-order valence-corrected chi connectivity index (χ3v) is 4.98. The third-order valence-electron chi connectivity index (χ3n) is 3.52. The van der Waals surface area contributed by atoms with Crippen LogP contribution in [0, 0.1) is 11.6 Å². The van der Waals surface area contributed by atoms with Crippen molar-refractivity contribution in [2.45, 2.75) is 6.54 Å². The van der Waals surface area contributed by atoms with Gasteiger partial charge in [0, 0.05) is 35.3 Å². The van der Waals surface area contributed by atoms with Crippen molar-refractivity contribution in [3.05, 3.63) is 62.4 Å². The molecule has 0 fully saturated rings. The number of halogens is 4. The van der Waals surface area contributed by atoms with E-state index >= 15 is 0 Å². The summed E-state index contributed by atoms with van der Waals surface area (Å²) in [6.45, 7) is 0.522. The Balaban J connectivity index is 2.17. The van der Waals surface area contributed by atoms with E-state index < -0.39 is 17.5 Å². The summed E-state index contributed by atoms with van der Waals surface area (Å²) < 4.78 is 34.6. The Bertz CT molecular complexity index is 1040. The normalized spacial score (nSPS) is 12.1. The molecule has 0 saturated carbocycles. The Labute approximate surface area is 161 Å². The van der Waals surface area contributed by atoms with Gasteiger partial charge in [0.15, 0.2) is 10.6 Å². The molecule has 26 heavy (non-hydrogen) atoms. The number of amides is 1. The van der Waals surface area contributed by atoms with Gasteiger partial charge in [0.1, 0.15) is 5.82 Å². The van der Waals surface area contributed by atoms with Gasteiger partial charge in [-0.3, -0.25) is 4.79 Å². The predicted octanol–water partition coefficient (Wildman–Crippen LogP) is 4.68. The molecule has 0 aliphatic carbocycles. The minimum Gasteiger partial charge on any atom is -0.383 e. The number of benzene rings is 2. The maximum atomic E-state index is 14.3. The zero-order valence-electron chi connectivity index (χ0n) is 13.4. The van der Waals surface area contributed by atoms with Gasteiger partial charge >= 0.3 is 0 Å². The summed E-state index contributed by atoms with van der Waals surface area (Å²) in [5.74, 6) is -2.02. The lowest BCUT2D eigenvalue weighted by molar-refractivity contribution is 0.0997. The molecule has 1 aromatic heterocycles. The molecule has 0 spiro atoms. The number of fused-ring (bicyclic) bond motifs is 1. The van der Waals surface area contributed by atoms with Gasteiger partial charge in [-0.1, -0.05) is 34.5 Å². The largest absolute Gasteiger partial charge is 0.383 e. The number of nitrogens with zero attached hydrogens (tertiary/aromatic N) is 2. The van der Waals surface area contributed by atoms with Gasteiger partial charge in [-0.2, -0.15) is 4.99 Å². The van der Waals surface area contributed by atoms with E-state index in [2.05, 4.69) is 4.99 Å². The minimum absolute atomic E-state index is 0.170. The van der Waals surface area contributed by atoms with Crippen LogP contribution in [0.1, 0.15) is 10.4 Å². The Morgan fingerprint density at radius 3 is 2.54 bits per heavy atom. The lowest BCUT2D eigenvalue weighted by Crippen LogP contribution is -2.20. The van der Waals surface area contributed by atoms with E-state index in [1.807, 2.05) is 0 Å². The average Bonchev–Trinajstić information content (AvgIpc) is 2.89. The highest BCUT2D eigenvalue weighted by Crippen LogP contribution is 2.23. The zero-order valence-corrected chi connectivity index (χ0v) is 15.8. The zero-order chi connectivity index (χ0) is 18.8. The van der Waals surface area contributed by atoms with Crippen molar-refractivity contribution in [1.29, 1.82) is 0 Å². The van der Waals surface area contributed by atoms with E-state index in [1.165, 1.54) is 35.9 Å². The van der Waals surface area contributed by atoms with Gasteiger partial charge in [-0.15, -0.1) is 0 Å². The van der Waals surface area contributed by atoms with E-state index in [4.69, 9.17) is 27.9 Å². The summed E-state index contributed by atoms with van der Waals surface area (Å²) in [6, 6.07) is 6.36. The molecule has 0 saturated heterocycles. The van der Waals surface area contributed by atoms with Crippen LogP contribution in [0.25, 0.3) is 10.2 Å². The quantitative estimate of drug-likeness (QED) is 0.619. The van der Waals surface area contributed by atoms with Crippen molar-refractivity contribution in [1.82, 2.24) is 4.57 Å². The van der Waals surface area contributed by atoms with Gasteiger partial charge < -0.3 is 9.30 Å². The second kappa shape index (κ2) is 7.84. The first-order valence-corrected chi connectivity index (χ1v) is 8.99. The van der Waals surface area contributed by atoms with Crippen LogP contribution in [0.15, 0.2) is 35.3 Å². The molecule has 9 heteroatoms. The highest BCUT2D eigenvalue weighted by Gasteiger charge is 2.15. The van der Waals surface area contributed by atoms with Crippen LogP contribution >= 0.6 is 34.5 Å². The maximum absolute atomic E-state index is 14.3. The van der Waals surface area contributed by atoms with Crippen molar-refractivity contribution < 1.29 is 18.3 Å². The number of aromatic nitrogens is 1. The van der Waals surface area contributed by atoms with Gasteiger partial charge in [0.05, 0.1) is 16.8 Å². The van der Waals surface area contributed by atoms with Crippen molar-refractivity contribution in [3.63, 3.8) is 0 Å². The van der Waals surface area contributed by atoms with Crippen LogP contribution in [0.2, 0.25) is 10.0 Å². The first-order chi connectivity index (χ1) is 12.4. The number of hydrogen-bond donors (Lipinski definition) is 0. The third kappa shape index (κ3) is 3.96. The van der Waals surface area contributed by atoms with Crippen molar-refractivity contribution in [3.8, 4) is 0 Å². The lowest BCUT2D eigenvalue weighted by Gasteiger charge is -2.05. The first kappa shape index (κ1) is 19.0. The van der Waals surface area contributed by atoms with Crippen LogP contribution in [-0.2, 0) is 11.3 Å². The number of thiazole rings is 1. The second-order valence-electron chi connectivity index (χ2n) is 5.34. The van der Waals surface area contributed by atoms with Crippen LogP contribution in [0.4, 0.5) is 8.78 Å². The van der Waals surface area contributed by atoms with Gasteiger partial charge in [-0.05, 0) is 24.3 Å². The molecule has 0 unspecified atom stereocenters. The molecule has 0 N–H and O–H groups in total. The predicted molar refractivity (Wildman–Crippen MR) is 98.0 cm³/mol. The fraction of sp³-hybridized carbons (Fsp3) is 0.176. The number of hydrogen-bond acceptors (Lipinski definition) is 3. The molecule has 0 atom stereocenters. The molecule has 0 radical (unpaired) electrons. The summed E-state index contributed by atoms with van der Waals surface area (Å²) in [5, 5.41) is 0.598. The molecule has 1 heterocycles. The Kier molecular flexibility index (Phi) is 5.72. The van der Waals surface area contributed by atoms with E-state index in [9.17, 15) is 13.6 Å². The monoisotopic (exact) mass is 416 g/mol. The molecule has 0 aliphatic heterocycles. The topological polar surface area (TPSA) is 43.6 Å². The molecular weight excluding hydrogens is 405 g/mol. The average molecular weight is 417 g/mol. The summed E-state index contributed by atoms with van der Waals surface area (Å²) in [5.41, 5.74) is 0.369. The van der Waals surface area contributed by atoms with Crippen LogP contribution < -0.4 is 4.80 Å². The smallest absolute Gasteiger partial charge is 0.279 e. The lowest BCUT2D eigenvalue weighted by atomic mass is 10.2. The summed E-state index contributed by atoms with van der Waals surface area (Å²) in [4.78, 5) is 16.8. The van der Waals surface area contributed by atoms with Crippen molar-refractivity contribution >= 4 is 50.7 Å². The first-order valence-electron chi connectivity index (χ1n) is 7.41. The summed E-state index contributed by atoms with van der Waals surface area (Å²) >= 11 is 12.8. The molecule has 2 aromatic carbocycles. The summed E-state index contributed by atoms with van der Waals surface area (Å²) in [7, 11) is 1.50. The number of methoxy groups -OCH3 is 1. The number of carbonyl (C=O) groups excluding carboxylic acids is 1. The number of carbonyl (C=O) groups is 1. The van der Waals surface area contributed by atoms with Gasteiger partial charge in [0.2, 0.25) is 0 Å². The molecular formula is C17H12Cl2F2N2O2S. The maximum Gasteiger partial charge on any atom is 0.279 e. The summed E-state index contributed by atoms with van der Waals surface area (Å²) in [6.07, 6.45) is 0. The van der Waals surface area contributed by atoms with Gasteiger partial charge in [-0.25, -0.2) is 8.78 Å². The Morgan fingerprint density at radius 2 is 1.88 bits per heavy atom. The highest BCUT2D eigenvalue weighted by molar-refractivity contribution is 7.16. The minimum atomic E-state index is -0.730. The molecule has 0 aliphatic rings. The molecule has 1 amide bonds. The molecule has 136 valence electrons. The molecule has 3 aromatic rings. The van der Waals surface area contributed by atoms with E-state index in [0.717, 1.165) is 17.4 Å². The molecule has 3 rings (SSSR count). The number of rotatable bonds is 4. The Morgan fingerprint density at radius 1 is 1.19 bits per heavy atom.